The van der Waals surface area contributed by atoms with Gasteiger partial charge in [0.2, 0.25) is 5.91 Å². The van der Waals surface area contributed by atoms with E-state index in [0.29, 0.717) is 13.0 Å². The molecule has 0 unspecified atom stereocenters. The Morgan fingerprint density at radius 1 is 1.13 bits per heavy atom. The number of hydrogen-bond acceptors (Lipinski definition) is 3. The third kappa shape index (κ3) is 5.75. The van der Waals surface area contributed by atoms with Crippen molar-refractivity contribution in [2.75, 3.05) is 13.6 Å². The first kappa shape index (κ1) is 17.0. The van der Waals surface area contributed by atoms with Crippen LogP contribution in [0.5, 0.6) is 11.5 Å². The maximum atomic E-state index is 11.8. The van der Waals surface area contributed by atoms with Crippen molar-refractivity contribution in [3.8, 4) is 11.5 Å². The third-order valence-corrected chi connectivity index (χ3v) is 3.50. The highest BCUT2D eigenvalue weighted by molar-refractivity contribution is 5.75. The van der Waals surface area contributed by atoms with Crippen molar-refractivity contribution in [1.29, 1.82) is 0 Å². The van der Waals surface area contributed by atoms with E-state index in [4.69, 9.17) is 4.74 Å². The first-order valence-electron chi connectivity index (χ1n) is 7.93. The van der Waals surface area contributed by atoms with E-state index < -0.39 is 0 Å². The molecule has 0 saturated heterocycles. The summed E-state index contributed by atoms with van der Waals surface area (Å²) in [5.41, 5.74) is 2.10. The Labute approximate surface area is 137 Å². The second kappa shape index (κ2) is 8.96. The number of carbonyl (C=O) groups excluding carboxylic acids is 1. The summed E-state index contributed by atoms with van der Waals surface area (Å²) in [7, 11) is 1.89. The number of rotatable bonds is 8. The van der Waals surface area contributed by atoms with Crippen LogP contribution in [0.4, 0.5) is 0 Å². The van der Waals surface area contributed by atoms with Crippen molar-refractivity contribution in [2.24, 2.45) is 0 Å². The van der Waals surface area contributed by atoms with E-state index in [9.17, 15) is 4.79 Å². The topological polar surface area (TPSA) is 50.4 Å². The first-order chi connectivity index (χ1) is 11.2. The minimum Gasteiger partial charge on any atom is -0.457 e. The van der Waals surface area contributed by atoms with Crippen LogP contribution in [0.3, 0.4) is 0 Å². The molecule has 4 nitrogen and oxygen atoms in total. The number of ether oxygens (including phenoxy) is 1. The third-order valence-electron chi connectivity index (χ3n) is 3.50. The van der Waals surface area contributed by atoms with E-state index >= 15 is 0 Å². The molecule has 0 aromatic heterocycles. The summed E-state index contributed by atoms with van der Waals surface area (Å²) < 4.78 is 5.96. The van der Waals surface area contributed by atoms with E-state index in [0.717, 1.165) is 35.6 Å². The number of benzene rings is 2. The highest BCUT2D eigenvalue weighted by atomic mass is 16.5. The molecule has 0 bridgehead atoms. The maximum absolute atomic E-state index is 11.8. The number of nitrogens with one attached hydrogen (secondary N) is 2. The van der Waals surface area contributed by atoms with Crippen LogP contribution in [0.15, 0.2) is 48.5 Å². The molecule has 2 aromatic carbocycles. The van der Waals surface area contributed by atoms with Crippen molar-refractivity contribution < 1.29 is 9.53 Å². The van der Waals surface area contributed by atoms with E-state index in [1.165, 1.54) is 0 Å². The SMILES string of the molecule is CNCCCC(=O)NCc1ccc(C)cc1Oc1ccccc1. The van der Waals surface area contributed by atoms with Gasteiger partial charge in [0.1, 0.15) is 11.5 Å². The van der Waals surface area contributed by atoms with Crippen LogP contribution in [0, 0.1) is 6.92 Å². The molecule has 0 aliphatic heterocycles. The van der Waals surface area contributed by atoms with E-state index in [2.05, 4.69) is 10.6 Å². The quantitative estimate of drug-likeness (QED) is 0.735. The molecule has 23 heavy (non-hydrogen) atoms. The zero-order chi connectivity index (χ0) is 16.5. The molecule has 0 spiro atoms. The van der Waals surface area contributed by atoms with Gasteiger partial charge >= 0.3 is 0 Å². The lowest BCUT2D eigenvalue weighted by molar-refractivity contribution is -0.121. The predicted molar refractivity (Wildman–Crippen MR) is 92.7 cm³/mol. The maximum Gasteiger partial charge on any atom is 0.220 e. The molecule has 2 N–H and O–H groups in total. The smallest absolute Gasteiger partial charge is 0.220 e. The van der Waals surface area contributed by atoms with Crippen LogP contribution in [0.1, 0.15) is 24.0 Å². The van der Waals surface area contributed by atoms with Crippen LogP contribution < -0.4 is 15.4 Å². The molecule has 2 rings (SSSR count). The summed E-state index contributed by atoms with van der Waals surface area (Å²) in [5.74, 6) is 1.64. The lowest BCUT2D eigenvalue weighted by Crippen LogP contribution is -2.23. The zero-order valence-corrected chi connectivity index (χ0v) is 13.8. The summed E-state index contributed by atoms with van der Waals surface area (Å²) in [5, 5.41) is 6.00. The average Bonchev–Trinajstić information content (AvgIpc) is 2.55. The van der Waals surface area contributed by atoms with E-state index in [1.54, 1.807) is 0 Å². The van der Waals surface area contributed by atoms with Crippen LogP contribution >= 0.6 is 0 Å². The van der Waals surface area contributed by atoms with Crippen LogP contribution in [-0.2, 0) is 11.3 Å². The molecule has 2 aromatic rings. The molecule has 0 radical (unpaired) electrons. The number of amides is 1. The molecule has 0 fully saturated rings. The predicted octanol–water partition coefficient (Wildman–Crippen LogP) is 3.40. The zero-order valence-electron chi connectivity index (χ0n) is 13.8. The fourth-order valence-corrected chi connectivity index (χ4v) is 2.23. The molecule has 0 saturated carbocycles. The molecular formula is C19H24N2O2. The van der Waals surface area contributed by atoms with Gasteiger partial charge in [-0.05, 0) is 50.7 Å². The molecule has 4 heteroatoms. The molecule has 0 aliphatic carbocycles. The van der Waals surface area contributed by atoms with Gasteiger partial charge in [-0.2, -0.15) is 0 Å². The molecule has 0 aliphatic rings. The molecule has 0 atom stereocenters. The number of carbonyl (C=O) groups is 1. The number of hydrogen-bond donors (Lipinski definition) is 2. The minimum atomic E-state index is 0.0616. The van der Waals surface area contributed by atoms with Gasteiger partial charge in [0.05, 0.1) is 0 Å². The van der Waals surface area contributed by atoms with Gasteiger partial charge in [-0.25, -0.2) is 0 Å². The lowest BCUT2D eigenvalue weighted by atomic mass is 10.1. The fraction of sp³-hybridized carbons (Fsp3) is 0.316. The van der Waals surface area contributed by atoms with E-state index in [-0.39, 0.29) is 5.91 Å². The van der Waals surface area contributed by atoms with Gasteiger partial charge in [-0.1, -0.05) is 30.3 Å². The Bertz CT molecular complexity index is 627. The van der Waals surface area contributed by atoms with Gasteiger partial charge in [-0.3, -0.25) is 4.79 Å². The number of para-hydroxylation sites is 1. The summed E-state index contributed by atoms with van der Waals surface area (Å²) >= 11 is 0. The van der Waals surface area contributed by atoms with Gasteiger partial charge < -0.3 is 15.4 Å². The van der Waals surface area contributed by atoms with Crippen LogP contribution in [0.25, 0.3) is 0 Å². The minimum absolute atomic E-state index is 0.0616. The standard InChI is InChI=1S/C19H24N2O2/c1-15-10-11-16(14-21-19(22)9-6-12-20-2)18(13-15)23-17-7-4-3-5-8-17/h3-5,7-8,10-11,13,20H,6,9,12,14H2,1-2H3,(H,21,22). The first-order valence-corrected chi connectivity index (χ1v) is 7.93. The Morgan fingerprint density at radius 2 is 1.91 bits per heavy atom. The Kier molecular flexibility index (Phi) is 6.63. The summed E-state index contributed by atoms with van der Waals surface area (Å²) in [6, 6.07) is 15.7. The normalized spacial score (nSPS) is 10.3. The second-order valence-electron chi connectivity index (χ2n) is 5.51. The van der Waals surface area contributed by atoms with Crippen molar-refractivity contribution >= 4 is 5.91 Å². The van der Waals surface area contributed by atoms with Crippen LogP contribution in [0.2, 0.25) is 0 Å². The summed E-state index contributed by atoms with van der Waals surface area (Å²) in [6.45, 7) is 3.35. The van der Waals surface area contributed by atoms with Crippen molar-refractivity contribution in [1.82, 2.24) is 10.6 Å². The Hall–Kier alpha value is -2.33. The van der Waals surface area contributed by atoms with Crippen molar-refractivity contribution in [3.05, 3.63) is 59.7 Å². The fourth-order valence-electron chi connectivity index (χ4n) is 2.23. The largest absolute Gasteiger partial charge is 0.457 e. The second-order valence-corrected chi connectivity index (χ2v) is 5.51. The highest BCUT2D eigenvalue weighted by Crippen LogP contribution is 2.26. The molecule has 122 valence electrons. The van der Waals surface area contributed by atoms with Gasteiger partial charge in [-0.15, -0.1) is 0 Å². The Balaban J connectivity index is 1.99. The van der Waals surface area contributed by atoms with E-state index in [1.807, 2.05) is 62.5 Å². The molecule has 1 amide bonds. The highest BCUT2D eigenvalue weighted by Gasteiger charge is 2.08. The molecule has 0 heterocycles. The van der Waals surface area contributed by atoms with Gasteiger partial charge in [0.15, 0.2) is 0 Å². The van der Waals surface area contributed by atoms with Crippen molar-refractivity contribution in [2.45, 2.75) is 26.3 Å². The monoisotopic (exact) mass is 312 g/mol. The molecular weight excluding hydrogens is 288 g/mol. The Morgan fingerprint density at radius 3 is 2.65 bits per heavy atom. The van der Waals surface area contributed by atoms with Gasteiger partial charge in [0, 0.05) is 18.5 Å². The summed E-state index contributed by atoms with van der Waals surface area (Å²) in [6.07, 6.45) is 1.37. The summed E-state index contributed by atoms with van der Waals surface area (Å²) in [4.78, 5) is 11.8. The lowest BCUT2D eigenvalue weighted by Gasteiger charge is -2.13. The van der Waals surface area contributed by atoms with Gasteiger partial charge in [0.25, 0.3) is 0 Å². The average molecular weight is 312 g/mol. The van der Waals surface area contributed by atoms with Crippen molar-refractivity contribution in [3.63, 3.8) is 0 Å². The number of aryl methyl sites for hydroxylation is 1. The van der Waals surface area contributed by atoms with Crippen LogP contribution in [-0.4, -0.2) is 19.5 Å².